The highest BCUT2D eigenvalue weighted by molar-refractivity contribution is 5.81. The van der Waals surface area contributed by atoms with Crippen LogP contribution in [0.3, 0.4) is 0 Å². The minimum Gasteiger partial charge on any atom is -0.487 e. The molecule has 0 saturated heterocycles. The van der Waals surface area contributed by atoms with Crippen LogP contribution in [0.5, 0.6) is 5.75 Å². The SMILES string of the molecule is Cc1cc(=O)oc2cc(O[C@@H]3C[C@H](C(=O)O)[C@@H](O)[C@H](O)[C@H]3O)ccc12. The summed E-state index contributed by atoms with van der Waals surface area (Å²) < 4.78 is 10.7. The number of rotatable bonds is 3. The Bertz CT molecular complexity index is 857. The third kappa shape index (κ3) is 3.23. The second-order valence-electron chi connectivity index (χ2n) is 6.21. The maximum Gasteiger partial charge on any atom is 0.336 e. The minimum absolute atomic E-state index is 0.176. The Hall–Kier alpha value is -2.42. The van der Waals surface area contributed by atoms with Crippen LogP contribution in [0.15, 0.2) is 33.5 Å². The van der Waals surface area contributed by atoms with E-state index < -0.39 is 41.9 Å². The monoisotopic (exact) mass is 350 g/mol. The number of aliphatic carboxylic acids is 1. The molecule has 0 amide bonds. The number of carboxylic acids is 1. The second kappa shape index (κ2) is 6.47. The molecule has 1 aliphatic carbocycles. The summed E-state index contributed by atoms with van der Waals surface area (Å²) in [6, 6.07) is 6.10. The zero-order chi connectivity index (χ0) is 18.3. The van der Waals surface area contributed by atoms with Crippen LogP contribution in [0.25, 0.3) is 11.0 Å². The van der Waals surface area contributed by atoms with E-state index in [4.69, 9.17) is 14.3 Å². The molecule has 1 aromatic carbocycles. The topological polar surface area (TPSA) is 137 Å². The van der Waals surface area contributed by atoms with E-state index in [1.54, 1.807) is 19.1 Å². The van der Waals surface area contributed by atoms with Crippen molar-refractivity contribution in [2.24, 2.45) is 5.92 Å². The Labute approximate surface area is 141 Å². The number of carboxylic acid groups (broad SMARTS) is 1. The fourth-order valence-electron chi connectivity index (χ4n) is 3.11. The molecule has 134 valence electrons. The summed E-state index contributed by atoms with van der Waals surface area (Å²) in [5, 5.41) is 39.6. The summed E-state index contributed by atoms with van der Waals surface area (Å²) in [6.07, 6.45) is -5.88. The lowest BCUT2D eigenvalue weighted by molar-refractivity contribution is -0.174. The maximum atomic E-state index is 11.5. The van der Waals surface area contributed by atoms with Crippen molar-refractivity contribution in [3.63, 3.8) is 0 Å². The van der Waals surface area contributed by atoms with Crippen molar-refractivity contribution in [3.8, 4) is 5.75 Å². The predicted octanol–water partition coefficient (Wildman–Crippen LogP) is 0.0360. The standard InChI is InChI=1S/C17H18O8/c1-7-4-13(18)25-11-5-8(2-3-9(7)11)24-12-6-10(17(22)23)14(19)16(21)15(12)20/h2-5,10,12,14-16,19-21H,6H2,1H3,(H,22,23)/t10-,12+,14+,15-,16-/m0/s1. The first-order valence-corrected chi connectivity index (χ1v) is 7.76. The van der Waals surface area contributed by atoms with Gasteiger partial charge in [0.25, 0.3) is 0 Å². The first-order chi connectivity index (χ1) is 11.8. The van der Waals surface area contributed by atoms with Crippen molar-refractivity contribution >= 4 is 16.9 Å². The summed E-state index contributed by atoms with van der Waals surface area (Å²) in [5.74, 6) is -2.30. The van der Waals surface area contributed by atoms with Crippen molar-refractivity contribution in [2.75, 3.05) is 0 Å². The van der Waals surface area contributed by atoms with Gasteiger partial charge in [0.15, 0.2) is 0 Å². The normalized spacial score (nSPS) is 29.5. The Morgan fingerprint density at radius 2 is 1.88 bits per heavy atom. The van der Waals surface area contributed by atoms with Gasteiger partial charge in [-0.25, -0.2) is 4.79 Å². The number of aryl methyl sites for hydroxylation is 1. The van der Waals surface area contributed by atoms with Gasteiger partial charge in [-0.1, -0.05) is 0 Å². The molecule has 0 unspecified atom stereocenters. The van der Waals surface area contributed by atoms with Gasteiger partial charge in [0.1, 0.15) is 29.6 Å². The van der Waals surface area contributed by atoms with Crippen LogP contribution in [0.4, 0.5) is 0 Å². The molecule has 1 fully saturated rings. The fourth-order valence-corrected chi connectivity index (χ4v) is 3.11. The molecule has 3 rings (SSSR count). The molecule has 1 saturated carbocycles. The lowest BCUT2D eigenvalue weighted by Crippen LogP contribution is -2.57. The number of hydrogen-bond donors (Lipinski definition) is 4. The minimum atomic E-state index is -1.64. The van der Waals surface area contributed by atoms with Gasteiger partial charge in [-0.05, 0) is 24.6 Å². The fraction of sp³-hybridized carbons (Fsp3) is 0.412. The number of carbonyl (C=O) groups is 1. The molecule has 0 aliphatic heterocycles. The van der Waals surface area contributed by atoms with Gasteiger partial charge in [0.05, 0.1) is 12.0 Å². The van der Waals surface area contributed by atoms with Crippen LogP contribution < -0.4 is 10.4 Å². The van der Waals surface area contributed by atoms with E-state index in [1.165, 1.54) is 12.1 Å². The highest BCUT2D eigenvalue weighted by Crippen LogP contribution is 2.30. The first-order valence-electron chi connectivity index (χ1n) is 7.76. The molecule has 2 aromatic rings. The Kier molecular flexibility index (Phi) is 4.51. The van der Waals surface area contributed by atoms with Gasteiger partial charge in [-0.15, -0.1) is 0 Å². The molecule has 25 heavy (non-hydrogen) atoms. The molecule has 8 heteroatoms. The molecule has 1 aromatic heterocycles. The van der Waals surface area contributed by atoms with Crippen LogP contribution in [-0.2, 0) is 4.79 Å². The zero-order valence-corrected chi connectivity index (χ0v) is 13.3. The van der Waals surface area contributed by atoms with Crippen LogP contribution in [-0.4, -0.2) is 50.8 Å². The first kappa shape index (κ1) is 17.4. The molecular formula is C17H18O8. The Morgan fingerprint density at radius 3 is 2.56 bits per heavy atom. The van der Waals surface area contributed by atoms with Crippen molar-refractivity contribution < 1.29 is 34.4 Å². The Morgan fingerprint density at radius 1 is 1.16 bits per heavy atom. The van der Waals surface area contributed by atoms with Crippen molar-refractivity contribution in [3.05, 3.63) is 40.2 Å². The molecule has 4 N–H and O–H groups in total. The van der Waals surface area contributed by atoms with Gasteiger partial charge in [0, 0.05) is 23.9 Å². The summed E-state index contributed by atoms with van der Waals surface area (Å²) >= 11 is 0. The van der Waals surface area contributed by atoms with Gasteiger partial charge in [-0.2, -0.15) is 0 Å². The zero-order valence-electron chi connectivity index (χ0n) is 13.3. The van der Waals surface area contributed by atoms with Gasteiger partial charge in [0.2, 0.25) is 0 Å². The predicted molar refractivity (Wildman–Crippen MR) is 85.4 cm³/mol. The van der Waals surface area contributed by atoms with Crippen molar-refractivity contribution in [1.82, 2.24) is 0 Å². The average molecular weight is 350 g/mol. The summed E-state index contributed by atoms with van der Waals surface area (Å²) in [6.45, 7) is 1.76. The van der Waals surface area contributed by atoms with E-state index in [2.05, 4.69) is 0 Å². The molecule has 1 heterocycles. The largest absolute Gasteiger partial charge is 0.487 e. The van der Waals surface area contributed by atoms with Gasteiger partial charge < -0.3 is 29.6 Å². The summed E-state index contributed by atoms with van der Waals surface area (Å²) in [4.78, 5) is 22.7. The highest BCUT2D eigenvalue weighted by Gasteiger charge is 2.46. The summed E-state index contributed by atoms with van der Waals surface area (Å²) in [7, 11) is 0. The van der Waals surface area contributed by atoms with Crippen LogP contribution in [0, 0.1) is 12.8 Å². The molecular weight excluding hydrogens is 332 g/mol. The van der Waals surface area contributed by atoms with E-state index in [0.29, 0.717) is 5.58 Å². The summed E-state index contributed by atoms with van der Waals surface area (Å²) in [5.41, 5.74) is 0.521. The van der Waals surface area contributed by atoms with E-state index in [0.717, 1.165) is 10.9 Å². The van der Waals surface area contributed by atoms with Crippen LogP contribution >= 0.6 is 0 Å². The lowest BCUT2D eigenvalue weighted by atomic mass is 9.81. The van der Waals surface area contributed by atoms with Crippen molar-refractivity contribution in [2.45, 2.75) is 37.8 Å². The number of fused-ring (bicyclic) bond motifs is 1. The highest BCUT2D eigenvalue weighted by atomic mass is 16.5. The van der Waals surface area contributed by atoms with Crippen molar-refractivity contribution in [1.29, 1.82) is 0 Å². The molecule has 1 aliphatic rings. The van der Waals surface area contributed by atoms with E-state index in [-0.39, 0.29) is 12.2 Å². The van der Waals surface area contributed by atoms with Gasteiger partial charge >= 0.3 is 11.6 Å². The third-order valence-electron chi connectivity index (χ3n) is 4.51. The molecule has 0 bridgehead atoms. The van der Waals surface area contributed by atoms with E-state index >= 15 is 0 Å². The number of hydrogen-bond acceptors (Lipinski definition) is 7. The smallest absolute Gasteiger partial charge is 0.336 e. The quantitative estimate of drug-likeness (QED) is 0.569. The third-order valence-corrected chi connectivity index (χ3v) is 4.51. The van der Waals surface area contributed by atoms with Gasteiger partial charge in [-0.3, -0.25) is 4.79 Å². The molecule has 0 radical (unpaired) electrons. The van der Waals surface area contributed by atoms with Crippen LogP contribution in [0.1, 0.15) is 12.0 Å². The van der Waals surface area contributed by atoms with Crippen LogP contribution in [0.2, 0.25) is 0 Å². The average Bonchev–Trinajstić information content (AvgIpc) is 2.54. The second-order valence-corrected chi connectivity index (χ2v) is 6.21. The van der Waals surface area contributed by atoms with E-state index in [1.807, 2.05) is 0 Å². The number of aliphatic hydroxyl groups is 3. The molecule has 8 nitrogen and oxygen atoms in total. The van der Waals surface area contributed by atoms with E-state index in [9.17, 15) is 24.9 Å². The lowest BCUT2D eigenvalue weighted by Gasteiger charge is -2.38. The number of aliphatic hydroxyl groups excluding tert-OH is 3. The number of ether oxygens (including phenoxy) is 1. The number of benzene rings is 1. The maximum absolute atomic E-state index is 11.5. The Balaban J connectivity index is 1.89. The molecule has 5 atom stereocenters. The molecule has 0 spiro atoms.